The van der Waals surface area contributed by atoms with Gasteiger partial charge in [-0.05, 0) is 31.4 Å². The van der Waals surface area contributed by atoms with Gasteiger partial charge in [-0.1, -0.05) is 27.2 Å². The van der Waals surface area contributed by atoms with Crippen molar-refractivity contribution in [2.45, 2.75) is 66.2 Å². The maximum absolute atomic E-state index is 13.2. The first-order valence-corrected chi connectivity index (χ1v) is 10.3. The van der Waals surface area contributed by atoms with Crippen LogP contribution in [-0.2, 0) is 24.4 Å². The van der Waals surface area contributed by atoms with Gasteiger partial charge in [0.1, 0.15) is 12.3 Å². The molecule has 0 aromatic carbocycles. The molecule has 0 aliphatic carbocycles. The molecule has 0 aliphatic heterocycles. The SMILES string of the molecule is CCCCn1c(=O)n(CC(=O)N[C@H](C)C(C)C)c(=O)c2c1ncn2Cc1ccco1. The van der Waals surface area contributed by atoms with Gasteiger partial charge in [-0.2, -0.15) is 0 Å². The van der Waals surface area contributed by atoms with Crippen LogP contribution in [0.1, 0.15) is 46.3 Å². The molecule has 1 amide bonds. The first-order chi connectivity index (χ1) is 14.3. The summed E-state index contributed by atoms with van der Waals surface area (Å²) in [5, 5.41) is 2.85. The lowest BCUT2D eigenvalue weighted by Gasteiger charge is -2.18. The van der Waals surface area contributed by atoms with Crippen molar-refractivity contribution < 1.29 is 9.21 Å². The zero-order valence-electron chi connectivity index (χ0n) is 17.9. The van der Waals surface area contributed by atoms with Gasteiger partial charge >= 0.3 is 5.69 Å². The number of imidazole rings is 1. The predicted molar refractivity (Wildman–Crippen MR) is 113 cm³/mol. The van der Waals surface area contributed by atoms with Crippen LogP contribution in [0, 0.1) is 5.92 Å². The Labute approximate surface area is 174 Å². The summed E-state index contributed by atoms with van der Waals surface area (Å²) in [5.74, 6) is 0.535. The van der Waals surface area contributed by atoms with E-state index in [2.05, 4.69) is 10.3 Å². The molecular weight excluding hydrogens is 386 g/mol. The molecule has 0 saturated carbocycles. The standard InChI is InChI=1S/C21H29N5O4/c1-5-6-9-25-19-18(24(13-22-19)11-16-8-7-10-30-16)20(28)26(21(25)29)12-17(27)23-15(4)14(2)3/h7-8,10,13-15H,5-6,9,11-12H2,1-4H3,(H,23,27)/t15-/m1/s1. The minimum atomic E-state index is -0.529. The minimum Gasteiger partial charge on any atom is -0.467 e. The highest BCUT2D eigenvalue weighted by atomic mass is 16.3. The van der Waals surface area contributed by atoms with Crippen LogP contribution < -0.4 is 16.6 Å². The number of rotatable bonds is 9. The van der Waals surface area contributed by atoms with Gasteiger partial charge in [-0.25, -0.2) is 14.3 Å². The number of unbranched alkanes of at least 4 members (excludes halogenated alkanes) is 1. The van der Waals surface area contributed by atoms with Crippen molar-refractivity contribution in [3.8, 4) is 0 Å². The molecule has 3 heterocycles. The molecule has 0 aliphatic rings. The lowest BCUT2D eigenvalue weighted by molar-refractivity contribution is -0.122. The second kappa shape index (κ2) is 9.15. The third-order valence-electron chi connectivity index (χ3n) is 5.32. The quantitative estimate of drug-likeness (QED) is 0.575. The maximum Gasteiger partial charge on any atom is 0.333 e. The number of amides is 1. The summed E-state index contributed by atoms with van der Waals surface area (Å²) in [5.41, 5.74) is -0.431. The minimum absolute atomic E-state index is 0.0660. The van der Waals surface area contributed by atoms with Crippen molar-refractivity contribution >= 4 is 17.1 Å². The molecule has 1 atom stereocenters. The van der Waals surface area contributed by atoms with E-state index >= 15 is 0 Å². The highest BCUT2D eigenvalue weighted by Gasteiger charge is 2.21. The number of aryl methyl sites for hydroxylation is 1. The van der Waals surface area contributed by atoms with E-state index in [9.17, 15) is 14.4 Å². The van der Waals surface area contributed by atoms with Crippen LogP contribution in [0.25, 0.3) is 11.2 Å². The lowest BCUT2D eigenvalue weighted by Crippen LogP contribution is -2.46. The number of carbonyl (C=O) groups excluding carboxylic acids is 1. The number of hydrogen-bond donors (Lipinski definition) is 1. The van der Waals surface area contributed by atoms with E-state index in [-0.39, 0.29) is 29.9 Å². The molecule has 9 nitrogen and oxygen atoms in total. The van der Waals surface area contributed by atoms with Gasteiger partial charge in [0.15, 0.2) is 11.2 Å². The van der Waals surface area contributed by atoms with Crippen molar-refractivity contribution in [3.63, 3.8) is 0 Å². The summed E-state index contributed by atoms with van der Waals surface area (Å²) >= 11 is 0. The Balaban J connectivity index is 2.07. The zero-order valence-corrected chi connectivity index (χ0v) is 17.9. The number of carbonyl (C=O) groups is 1. The largest absolute Gasteiger partial charge is 0.467 e. The average Bonchev–Trinajstić information content (AvgIpc) is 3.35. The van der Waals surface area contributed by atoms with E-state index in [1.54, 1.807) is 23.0 Å². The van der Waals surface area contributed by atoms with Gasteiger partial charge in [0.25, 0.3) is 5.56 Å². The van der Waals surface area contributed by atoms with Gasteiger partial charge in [0.05, 0.1) is 19.1 Å². The highest BCUT2D eigenvalue weighted by Crippen LogP contribution is 2.11. The topological polar surface area (TPSA) is 104 Å². The van der Waals surface area contributed by atoms with Crippen LogP contribution in [0.3, 0.4) is 0 Å². The molecular formula is C21H29N5O4. The molecule has 0 unspecified atom stereocenters. The number of furan rings is 1. The molecule has 3 aromatic rings. The van der Waals surface area contributed by atoms with Crippen LogP contribution in [0.2, 0.25) is 0 Å². The van der Waals surface area contributed by atoms with E-state index in [4.69, 9.17) is 4.42 Å². The van der Waals surface area contributed by atoms with E-state index in [0.717, 1.165) is 17.4 Å². The Morgan fingerprint density at radius 1 is 1.23 bits per heavy atom. The Morgan fingerprint density at radius 3 is 2.63 bits per heavy atom. The number of nitrogens with one attached hydrogen (secondary N) is 1. The Kier molecular flexibility index (Phi) is 6.59. The monoisotopic (exact) mass is 415 g/mol. The average molecular weight is 415 g/mol. The molecule has 0 bridgehead atoms. The first-order valence-electron chi connectivity index (χ1n) is 10.3. The van der Waals surface area contributed by atoms with Gasteiger partial charge in [-0.15, -0.1) is 0 Å². The second-order valence-electron chi connectivity index (χ2n) is 7.90. The molecule has 0 spiro atoms. The molecule has 162 valence electrons. The maximum atomic E-state index is 13.2. The van der Waals surface area contributed by atoms with Crippen LogP contribution in [-0.4, -0.2) is 30.6 Å². The van der Waals surface area contributed by atoms with Crippen molar-refractivity contribution in [3.05, 3.63) is 51.3 Å². The summed E-state index contributed by atoms with van der Waals surface area (Å²) in [4.78, 5) is 43.1. The molecule has 0 saturated heterocycles. The van der Waals surface area contributed by atoms with Crippen molar-refractivity contribution in [1.29, 1.82) is 0 Å². The molecule has 3 rings (SSSR count). The normalized spacial score (nSPS) is 12.6. The lowest BCUT2D eigenvalue weighted by atomic mass is 10.1. The summed E-state index contributed by atoms with van der Waals surface area (Å²) in [6.45, 7) is 8.31. The van der Waals surface area contributed by atoms with Crippen molar-refractivity contribution in [1.82, 2.24) is 24.0 Å². The van der Waals surface area contributed by atoms with Crippen LogP contribution in [0.4, 0.5) is 0 Å². The third kappa shape index (κ3) is 4.39. The summed E-state index contributed by atoms with van der Waals surface area (Å²) in [7, 11) is 0. The van der Waals surface area contributed by atoms with Crippen LogP contribution >= 0.6 is 0 Å². The van der Waals surface area contributed by atoms with Gasteiger partial charge in [-0.3, -0.25) is 14.2 Å². The molecule has 9 heteroatoms. The van der Waals surface area contributed by atoms with Gasteiger partial charge in [0.2, 0.25) is 5.91 Å². The Bertz CT molecular complexity index is 1120. The number of fused-ring (bicyclic) bond motifs is 1. The Morgan fingerprint density at radius 2 is 2.00 bits per heavy atom. The second-order valence-corrected chi connectivity index (χ2v) is 7.90. The van der Waals surface area contributed by atoms with E-state index in [1.807, 2.05) is 27.7 Å². The smallest absolute Gasteiger partial charge is 0.333 e. The fourth-order valence-electron chi connectivity index (χ4n) is 3.20. The fourth-order valence-corrected chi connectivity index (χ4v) is 3.20. The van der Waals surface area contributed by atoms with Crippen molar-refractivity contribution in [2.75, 3.05) is 0 Å². The number of nitrogens with zero attached hydrogens (tertiary/aromatic N) is 4. The van der Waals surface area contributed by atoms with Crippen molar-refractivity contribution in [2.24, 2.45) is 5.92 Å². The number of hydrogen-bond acceptors (Lipinski definition) is 5. The summed E-state index contributed by atoms with van der Waals surface area (Å²) < 4.78 is 9.53. The van der Waals surface area contributed by atoms with E-state index in [0.29, 0.717) is 24.5 Å². The molecule has 1 N–H and O–H groups in total. The van der Waals surface area contributed by atoms with Gasteiger partial charge in [0, 0.05) is 12.6 Å². The van der Waals surface area contributed by atoms with E-state index < -0.39 is 11.2 Å². The van der Waals surface area contributed by atoms with E-state index in [1.165, 1.54) is 10.9 Å². The zero-order chi connectivity index (χ0) is 21.8. The first kappa shape index (κ1) is 21.6. The summed E-state index contributed by atoms with van der Waals surface area (Å²) in [6, 6.07) is 3.51. The number of aromatic nitrogens is 4. The predicted octanol–water partition coefficient (Wildman–Crippen LogP) is 1.96. The summed E-state index contributed by atoms with van der Waals surface area (Å²) in [6.07, 6.45) is 4.73. The van der Waals surface area contributed by atoms with Crippen LogP contribution in [0.5, 0.6) is 0 Å². The third-order valence-corrected chi connectivity index (χ3v) is 5.32. The molecule has 30 heavy (non-hydrogen) atoms. The fraction of sp³-hybridized carbons (Fsp3) is 0.524. The highest BCUT2D eigenvalue weighted by molar-refractivity contribution is 5.77. The molecule has 3 aromatic heterocycles. The van der Waals surface area contributed by atoms with Crippen LogP contribution in [0.15, 0.2) is 38.7 Å². The Hall–Kier alpha value is -3.10. The molecule has 0 radical (unpaired) electrons. The molecule has 0 fully saturated rings. The van der Waals surface area contributed by atoms with Gasteiger partial charge < -0.3 is 14.3 Å².